The Morgan fingerprint density at radius 2 is 1.19 bits per heavy atom. The van der Waals surface area contributed by atoms with E-state index in [-0.39, 0.29) is 11.5 Å². The van der Waals surface area contributed by atoms with Crippen molar-refractivity contribution >= 4 is 28.3 Å². The first-order valence-corrected chi connectivity index (χ1v) is 24.1. The molecule has 0 fully saturated rings. The zero-order chi connectivity index (χ0) is 44.9. The zero-order valence-corrected chi connectivity index (χ0v) is 37.9. The predicted molar refractivity (Wildman–Crippen MR) is 275 cm³/mol. The molecule has 3 atom stereocenters. The number of fused-ring (bicyclic) bond motifs is 19. The van der Waals surface area contributed by atoms with Crippen molar-refractivity contribution in [3.8, 4) is 45.3 Å². The second-order valence-corrected chi connectivity index (χ2v) is 19.9. The molecule has 0 radical (unpaired) electrons. The normalized spacial score (nSPS) is 20.2. The number of hydrogen-bond donors (Lipinski definition) is 0. The molecule has 0 aromatic heterocycles. The maximum absolute atomic E-state index is 7.31. The van der Waals surface area contributed by atoms with Gasteiger partial charge in [-0.1, -0.05) is 166 Å². The molecule has 2 aliphatic heterocycles. The smallest absolute Gasteiger partial charge is 0.178 e. The SMILES string of the molecule is CC1(C)c2cc(N(C3=CCC4C(=C3)c3ccccc3N4c3ccccc3)c3ccc4c(c3)Oc3c(ccc5c3-c3ccccc3C53c5ccccc5-c5ccccc53)O4)ccc2C2C=CC=CC21. The lowest BCUT2D eigenvalue weighted by Gasteiger charge is -2.34. The van der Waals surface area contributed by atoms with Crippen molar-refractivity contribution in [1.29, 1.82) is 0 Å². The Balaban J connectivity index is 0.887. The highest BCUT2D eigenvalue weighted by Crippen LogP contribution is 2.66. The van der Waals surface area contributed by atoms with E-state index in [0.717, 1.165) is 40.6 Å². The summed E-state index contributed by atoms with van der Waals surface area (Å²) in [6, 6.07) is 64.8. The number of allylic oxidation sites excluding steroid dienone is 5. The zero-order valence-electron chi connectivity index (χ0n) is 37.9. The molecule has 3 unspecified atom stereocenters. The standard InChI is InChI=1S/C64H46N2O2/c1-63(2)50-23-11-6-18-43(50)46-31-28-41(37-55(46)63)65(40-29-33-57-49(36-40)47-21-10-15-27-56(47)66(57)39-16-4-3-5-17-39)42-30-34-58-60(38-42)68-62-59(67-58)35-32-54-61(62)48-22-9-14-26-53(48)64(54)51-24-12-7-19-44(51)45-20-8-13-25-52(45)64/h3-32,34-38,43,50,57H,33H2,1-2H3. The summed E-state index contributed by atoms with van der Waals surface area (Å²) in [5.74, 6) is 3.67. The van der Waals surface area contributed by atoms with Gasteiger partial charge in [-0.15, -0.1) is 0 Å². The lowest BCUT2D eigenvalue weighted by atomic mass is 9.70. The molecular formula is C64H46N2O2. The summed E-state index contributed by atoms with van der Waals surface area (Å²) in [4.78, 5) is 4.97. The van der Waals surface area contributed by atoms with Gasteiger partial charge in [0.1, 0.15) is 0 Å². The molecule has 5 aliphatic carbocycles. The van der Waals surface area contributed by atoms with Gasteiger partial charge in [0.15, 0.2) is 23.0 Å². The van der Waals surface area contributed by atoms with E-state index in [1.54, 1.807) is 0 Å². The van der Waals surface area contributed by atoms with E-state index in [1.807, 2.05) is 0 Å². The lowest BCUT2D eigenvalue weighted by molar-refractivity contribution is 0.360. The minimum absolute atomic E-state index is 0.0427. The van der Waals surface area contributed by atoms with E-state index in [2.05, 4.69) is 236 Å². The fourth-order valence-electron chi connectivity index (χ4n) is 13.4. The van der Waals surface area contributed by atoms with Crippen molar-refractivity contribution in [1.82, 2.24) is 0 Å². The number of hydrogen-bond acceptors (Lipinski definition) is 4. The van der Waals surface area contributed by atoms with Crippen molar-refractivity contribution in [2.45, 2.75) is 43.1 Å². The third-order valence-corrected chi connectivity index (χ3v) is 16.3. The van der Waals surface area contributed by atoms with E-state index in [0.29, 0.717) is 23.3 Å². The fourth-order valence-corrected chi connectivity index (χ4v) is 13.4. The Labute approximate surface area is 397 Å². The maximum atomic E-state index is 7.31. The van der Waals surface area contributed by atoms with Gasteiger partial charge in [-0.25, -0.2) is 0 Å². The summed E-state index contributed by atoms with van der Waals surface area (Å²) in [6.45, 7) is 4.83. The molecule has 8 aromatic carbocycles. The third kappa shape index (κ3) is 4.94. The summed E-state index contributed by atoms with van der Waals surface area (Å²) in [5, 5.41) is 0. The number of ether oxygens (including phenoxy) is 2. The highest BCUT2D eigenvalue weighted by molar-refractivity contribution is 5.98. The number of benzene rings is 8. The molecule has 0 amide bonds. The molecule has 2 heterocycles. The Bertz CT molecular complexity index is 3580. The van der Waals surface area contributed by atoms with E-state index in [1.165, 1.54) is 72.6 Å². The number of nitrogens with zero attached hydrogens (tertiary/aromatic N) is 2. The first kappa shape index (κ1) is 38.1. The van der Waals surface area contributed by atoms with Gasteiger partial charge in [0.2, 0.25) is 0 Å². The van der Waals surface area contributed by atoms with Crippen LogP contribution < -0.4 is 19.3 Å². The summed E-state index contributed by atoms with van der Waals surface area (Å²) in [5.41, 5.74) is 20.6. The fraction of sp³-hybridized carbons (Fsp3) is 0.125. The topological polar surface area (TPSA) is 24.9 Å². The summed E-state index contributed by atoms with van der Waals surface area (Å²) in [6.07, 6.45) is 15.0. The molecule has 324 valence electrons. The van der Waals surface area contributed by atoms with Crippen molar-refractivity contribution < 1.29 is 9.47 Å². The monoisotopic (exact) mass is 874 g/mol. The largest absolute Gasteiger partial charge is 0.449 e. The van der Waals surface area contributed by atoms with Crippen molar-refractivity contribution in [3.63, 3.8) is 0 Å². The van der Waals surface area contributed by atoms with Crippen LogP contribution in [-0.4, -0.2) is 6.04 Å². The van der Waals surface area contributed by atoms with Crippen molar-refractivity contribution in [3.05, 3.63) is 257 Å². The van der Waals surface area contributed by atoms with Crippen LogP contribution in [0.3, 0.4) is 0 Å². The van der Waals surface area contributed by atoms with Gasteiger partial charge in [-0.05, 0) is 128 Å². The van der Waals surface area contributed by atoms with E-state index in [9.17, 15) is 0 Å². The molecule has 7 aliphatic rings. The molecule has 15 rings (SSSR count). The van der Waals surface area contributed by atoms with Gasteiger partial charge in [-0.3, -0.25) is 0 Å². The third-order valence-electron chi connectivity index (χ3n) is 16.3. The van der Waals surface area contributed by atoms with Crippen molar-refractivity contribution in [2.24, 2.45) is 5.92 Å². The molecule has 0 saturated heterocycles. The maximum Gasteiger partial charge on any atom is 0.178 e. The second-order valence-electron chi connectivity index (χ2n) is 19.9. The average Bonchev–Trinajstić information content (AvgIpc) is 4.06. The molecule has 0 N–H and O–H groups in total. The molecule has 4 heteroatoms. The molecule has 4 nitrogen and oxygen atoms in total. The van der Waals surface area contributed by atoms with Crippen LogP contribution in [0.1, 0.15) is 65.1 Å². The van der Waals surface area contributed by atoms with E-state index >= 15 is 0 Å². The van der Waals surface area contributed by atoms with Gasteiger partial charge in [-0.2, -0.15) is 0 Å². The first-order valence-electron chi connectivity index (χ1n) is 24.1. The van der Waals surface area contributed by atoms with Gasteiger partial charge in [0.05, 0.1) is 17.1 Å². The van der Waals surface area contributed by atoms with Gasteiger partial charge >= 0.3 is 0 Å². The van der Waals surface area contributed by atoms with Crippen LogP contribution in [0.5, 0.6) is 23.0 Å². The lowest BCUT2D eigenvalue weighted by Crippen LogP contribution is -2.29. The van der Waals surface area contributed by atoms with Crippen LogP contribution in [0.2, 0.25) is 0 Å². The minimum atomic E-state index is -0.478. The minimum Gasteiger partial charge on any atom is -0.449 e. The van der Waals surface area contributed by atoms with Crippen LogP contribution in [0.15, 0.2) is 218 Å². The van der Waals surface area contributed by atoms with Gasteiger partial charge < -0.3 is 19.3 Å². The average molecular weight is 875 g/mol. The van der Waals surface area contributed by atoms with Gasteiger partial charge in [0.25, 0.3) is 0 Å². The molecular weight excluding hydrogens is 829 g/mol. The van der Waals surface area contributed by atoms with E-state index < -0.39 is 5.41 Å². The summed E-state index contributed by atoms with van der Waals surface area (Å²) >= 11 is 0. The molecule has 68 heavy (non-hydrogen) atoms. The summed E-state index contributed by atoms with van der Waals surface area (Å²) < 4.78 is 14.2. The number of rotatable bonds is 4. The van der Waals surface area contributed by atoms with Gasteiger partial charge in [0, 0.05) is 45.9 Å². The van der Waals surface area contributed by atoms with Crippen LogP contribution >= 0.6 is 0 Å². The summed E-state index contributed by atoms with van der Waals surface area (Å²) in [7, 11) is 0. The highest BCUT2D eigenvalue weighted by atomic mass is 16.6. The van der Waals surface area contributed by atoms with Crippen LogP contribution in [0, 0.1) is 5.92 Å². The number of para-hydroxylation sites is 2. The Morgan fingerprint density at radius 3 is 1.99 bits per heavy atom. The molecule has 8 aromatic rings. The quantitative estimate of drug-likeness (QED) is 0.176. The highest BCUT2D eigenvalue weighted by Gasteiger charge is 2.53. The molecule has 0 saturated carbocycles. The van der Waals surface area contributed by atoms with Crippen LogP contribution in [-0.2, 0) is 10.8 Å². The Kier molecular flexibility index (Phi) is 7.69. The van der Waals surface area contributed by atoms with E-state index in [4.69, 9.17) is 9.47 Å². The van der Waals surface area contributed by atoms with Crippen molar-refractivity contribution in [2.75, 3.05) is 9.80 Å². The Hall–Kier alpha value is -8.08. The van der Waals surface area contributed by atoms with Crippen LogP contribution in [0.4, 0.5) is 22.7 Å². The predicted octanol–water partition coefficient (Wildman–Crippen LogP) is 16.1. The van der Waals surface area contributed by atoms with Crippen LogP contribution in [0.25, 0.3) is 27.8 Å². The molecule has 1 spiro atoms. The first-order chi connectivity index (χ1) is 33.5. The molecule has 0 bridgehead atoms. The number of anilines is 4. The Morgan fingerprint density at radius 1 is 0.544 bits per heavy atom. The second kappa shape index (κ2) is 13.7.